The van der Waals surface area contributed by atoms with Crippen LogP contribution in [0, 0.1) is 17.8 Å². The Labute approximate surface area is 144 Å². The summed E-state index contributed by atoms with van der Waals surface area (Å²) >= 11 is 0. The molecule has 0 heteroatoms. The monoisotopic (exact) mass is 314 g/mol. The van der Waals surface area contributed by atoms with Crippen molar-refractivity contribution in [2.24, 2.45) is 17.8 Å². The fourth-order valence-electron chi connectivity index (χ4n) is 3.70. The zero-order valence-corrected chi connectivity index (χ0v) is 17.8. The van der Waals surface area contributed by atoms with Gasteiger partial charge in [0.2, 0.25) is 0 Å². The Kier molecular flexibility index (Phi) is 28.4. The van der Waals surface area contributed by atoms with Gasteiger partial charge in [-0.15, -0.1) is 0 Å². The molecular formula is C22H50. The van der Waals surface area contributed by atoms with Crippen molar-refractivity contribution in [1.29, 1.82) is 0 Å². The lowest BCUT2D eigenvalue weighted by atomic mass is 9.71. The summed E-state index contributed by atoms with van der Waals surface area (Å²) in [4.78, 5) is 0. The van der Waals surface area contributed by atoms with E-state index in [1.165, 1.54) is 64.2 Å². The van der Waals surface area contributed by atoms with Crippen molar-refractivity contribution in [1.82, 2.24) is 0 Å². The molecule has 0 unspecified atom stereocenters. The summed E-state index contributed by atoms with van der Waals surface area (Å²) in [5.74, 6) is 3.22. The summed E-state index contributed by atoms with van der Waals surface area (Å²) in [6, 6.07) is 0. The van der Waals surface area contributed by atoms with Crippen LogP contribution < -0.4 is 0 Å². The molecule has 0 spiro atoms. The van der Waals surface area contributed by atoms with Crippen LogP contribution in [0.4, 0.5) is 0 Å². The third-order valence-corrected chi connectivity index (χ3v) is 4.79. The van der Waals surface area contributed by atoms with E-state index in [4.69, 9.17) is 0 Å². The molecule has 0 nitrogen and oxygen atoms in total. The van der Waals surface area contributed by atoms with Crippen molar-refractivity contribution in [2.75, 3.05) is 0 Å². The van der Waals surface area contributed by atoms with Gasteiger partial charge in [0.15, 0.2) is 0 Å². The molecule has 2 rings (SSSR count). The van der Waals surface area contributed by atoms with Crippen LogP contribution in [0.15, 0.2) is 0 Å². The minimum atomic E-state index is 1.04. The van der Waals surface area contributed by atoms with Crippen LogP contribution in [-0.2, 0) is 0 Å². The standard InChI is InChI=1S/C14H26.4C2H6/c1-12(13-8-4-2-5-9-13)14-10-6-3-7-11-14;4*1-2/h12-14H,2-11H2,1H3;4*1-2H3. The highest BCUT2D eigenvalue weighted by molar-refractivity contribution is 4.78. The fourth-order valence-corrected chi connectivity index (χ4v) is 3.70. The van der Waals surface area contributed by atoms with E-state index in [1.807, 2.05) is 55.4 Å². The molecule has 0 N–H and O–H groups in total. The molecule has 0 heterocycles. The first-order chi connectivity index (χ1) is 10.9. The maximum absolute atomic E-state index is 2.55. The van der Waals surface area contributed by atoms with E-state index in [0.717, 1.165) is 17.8 Å². The maximum atomic E-state index is 2.55. The third kappa shape index (κ3) is 12.5. The van der Waals surface area contributed by atoms with Crippen LogP contribution in [0.3, 0.4) is 0 Å². The van der Waals surface area contributed by atoms with Gasteiger partial charge in [-0.3, -0.25) is 0 Å². The summed E-state index contributed by atoms with van der Waals surface area (Å²) in [5.41, 5.74) is 0. The number of hydrogen-bond donors (Lipinski definition) is 0. The van der Waals surface area contributed by atoms with Crippen molar-refractivity contribution in [3.63, 3.8) is 0 Å². The van der Waals surface area contributed by atoms with Crippen molar-refractivity contribution < 1.29 is 0 Å². The first-order valence-electron chi connectivity index (χ1n) is 10.9. The van der Waals surface area contributed by atoms with Crippen LogP contribution in [0.25, 0.3) is 0 Å². The van der Waals surface area contributed by atoms with Gasteiger partial charge in [0, 0.05) is 0 Å². The van der Waals surface area contributed by atoms with Gasteiger partial charge in [0.1, 0.15) is 0 Å². The SMILES string of the molecule is CC.CC.CC.CC.CC(C1CCCCC1)C1CCCCC1. The number of rotatable bonds is 2. The van der Waals surface area contributed by atoms with Crippen molar-refractivity contribution >= 4 is 0 Å². The van der Waals surface area contributed by atoms with Gasteiger partial charge in [-0.1, -0.05) is 127 Å². The van der Waals surface area contributed by atoms with E-state index in [1.54, 1.807) is 0 Å². The van der Waals surface area contributed by atoms with Crippen molar-refractivity contribution in [2.45, 2.75) is 127 Å². The molecule has 0 atom stereocenters. The Bertz CT molecular complexity index is 131. The molecule has 0 aromatic carbocycles. The van der Waals surface area contributed by atoms with Gasteiger partial charge in [-0.25, -0.2) is 0 Å². The second-order valence-corrected chi connectivity index (χ2v) is 5.66. The quantitative estimate of drug-likeness (QED) is 0.477. The first-order valence-corrected chi connectivity index (χ1v) is 10.9. The molecule has 22 heavy (non-hydrogen) atoms. The molecule has 0 bridgehead atoms. The Hall–Kier alpha value is 0. The van der Waals surface area contributed by atoms with E-state index in [0.29, 0.717) is 0 Å². The minimum Gasteiger partial charge on any atom is -0.0683 e. The second-order valence-electron chi connectivity index (χ2n) is 5.66. The smallest absolute Gasteiger partial charge is 0.0386 e. The lowest BCUT2D eigenvalue weighted by Gasteiger charge is -2.35. The van der Waals surface area contributed by atoms with Crippen LogP contribution in [0.1, 0.15) is 127 Å². The summed E-state index contributed by atoms with van der Waals surface area (Å²) < 4.78 is 0. The zero-order chi connectivity index (χ0) is 17.8. The number of hydrogen-bond acceptors (Lipinski definition) is 0. The molecule has 2 aliphatic rings. The van der Waals surface area contributed by atoms with Crippen LogP contribution in [0.2, 0.25) is 0 Å². The molecule has 2 aliphatic carbocycles. The van der Waals surface area contributed by atoms with Gasteiger partial charge >= 0.3 is 0 Å². The zero-order valence-electron chi connectivity index (χ0n) is 17.8. The predicted molar refractivity (Wildman–Crippen MR) is 108 cm³/mol. The molecule has 0 amide bonds. The second kappa shape index (κ2) is 23.3. The molecule has 0 aromatic rings. The summed E-state index contributed by atoms with van der Waals surface area (Å²) in [7, 11) is 0. The van der Waals surface area contributed by atoms with Crippen LogP contribution in [-0.4, -0.2) is 0 Å². The molecule has 2 saturated carbocycles. The Morgan fingerprint density at radius 2 is 0.682 bits per heavy atom. The Morgan fingerprint density at radius 1 is 0.455 bits per heavy atom. The van der Waals surface area contributed by atoms with Gasteiger partial charge in [0.05, 0.1) is 0 Å². The Morgan fingerprint density at radius 3 is 0.909 bits per heavy atom. The highest BCUT2D eigenvalue weighted by Crippen LogP contribution is 2.39. The predicted octanol–water partition coefficient (Wildman–Crippen LogP) is 8.89. The van der Waals surface area contributed by atoms with Gasteiger partial charge < -0.3 is 0 Å². The normalized spacial score (nSPS) is 18.3. The highest BCUT2D eigenvalue weighted by atomic mass is 14.3. The van der Waals surface area contributed by atoms with E-state index >= 15 is 0 Å². The van der Waals surface area contributed by atoms with Crippen molar-refractivity contribution in [3.8, 4) is 0 Å². The third-order valence-electron chi connectivity index (χ3n) is 4.79. The minimum absolute atomic E-state index is 1.04. The van der Waals surface area contributed by atoms with Gasteiger partial charge in [0.25, 0.3) is 0 Å². The van der Waals surface area contributed by atoms with E-state index in [-0.39, 0.29) is 0 Å². The molecule has 0 aliphatic heterocycles. The van der Waals surface area contributed by atoms with Crippen molar-refractivity contribution in [3.05, 3.63) is 0 Å². The van der Waals surface area contributed by atoms with Crippen LogP contribution >= 0.6 is 0 Å². The topological polar surface area (TPSA) is 0 Å². The molecule has 0 saturated heterocycles. The fraction of sp³-hybridized carbons (Fsp3) is 1.00. The lowest BCUT2D eigenvalue weighted by molar-refractivity contribution is 0.159. The van der Waals surface area contributed by atoms with Crippen LogP contribution in [0.5, 0.6) is 0 Å². The van der Waals surface area contributed by atoms with E-state index in [9.17, 15) is 0 Å². The molecule has 138 valence electrons. The largest absolute Gasteiger partial charge is 0.0683 e. The highest BCUT2D eigenvalue weighted by Gasteiger charge is 2.27. The average Bonchev–Trinajstić information content (AvgIpc) is 2.69. The molecule has 0 radical (unpaired) electrons. The van der Waals surface area contributed by atoms with E-state index in [2.05, 4.69) is 6.92 Å². The average molecular weight is 315 g/mol. The summed E-state index contributed by atoms with van der Waals surface area (Å²) in [6.45, 7) is 18.5. The van der Waals surface area contributed by atoms with Gasteiger partial charge in [-0.2, -0.15) is 0 Å². The molecule has 0 aromatic heterocycles. The first kappa shape index (κ1) is 26.9. The van der Waals surface area contributed by atoms with E-state index < -0.39 is 0 Å². The Balaban J connectivity index is -0.000000394. The van der Waals surface area contributed by atoms with Gasteiger partial charge in [-0.05, 0) is 17.8 Å². The lowest BCUT2D eigenvalue weighted by Crippen LogP contribution is -2.24. The molecular weight excluding hydrogens is 264 g/mol. The summed E-state index contributed by atoms with van der Waals surface area (Å²) in [6.07, 6.45) is 15.2. The molecule has 2 fully saturated rings. The summed E-state index contributed by atoms with van der Waals surface area (Å²) in [5, 5.41) is 0. The maximum Gasteiger partial charge on any atom is -0.0386 e.